The minimum absolute atomic E-state index is 0.0891. The number of halogens is 1. The summed E-state index contributed by atoms with van der Waals surface area (Å²) in [6, 6.07) is 7.64. The number of ether oxygens (including phenoxy) is 2. The second-order valence-corrected chi connectivity index (χ2v) is 10.3. The monoisotopic (exact) mass is 529 g/mol. The Balaban J connectivity index is 1.95. The highest BCUT2D eigenvalue weighted by Crippen LogP contribution is 2.52. The molecule has 14 heteroatoms. The van der Waals surface area contributed by atoms with Crippen molar-refractivity contribution in [3.05, 3.63) is 63.4 Å². The van der Waals surface area contributed by atoms with E-state index in [0.29, 0.717) is 0 Å². The van der Waals surface area contributed by atoms with E-state index in [2.05, 4.69) is 5.09 Å². The van der Waals surface area contributed by atoms with Gasteiger partial charge in [-0.1, -0.05) is 18.2 Å². The first-order chi connectivity index (χ1) is 16.9. The summed E-state index contributed by atoms with van der Waals surface area (Å²) < 4.78 is 52.7. The van der Waals surface area contributed by atoms with E-state index >= 15 is 4.39 Å². The topological polar surface area (TPSA) is 158 Å². The van der Waals surface area contributed by atoms with Gasteiger partial charge in [0.05, 0.1) is 12.7 Å². The second kappa shape index (κ2) is 11.1. The van der Waals surface area contributed by atoms with Crippen LogP contribution in [0.1, 0.15) is 33.9 Å². The van der Waals surface area contributed by atoms with Crippen LogP contribution in [0.4, 0.5) is 4.39 Å². The van der Waals surface area contributed by atoms with Gasteiger partial charge in [-0.25, -0.2) is 13.8 Å². The summed E-state index contributed by atoms with van der Waals surface area (Å²) in [5.41, 5.74) is -4.22. The summed E-state index contributed by atoms with van der Waals surface area (Å²) in [6.45, 7) is 4.89. The zero-order valence-corrected chi connectivity index (χ0v) is 21.0. The van der Waals surface area contributed by atoms with Crippen molar-refractivity contribution in [2.45, 2.75) is 63.9 Å². The number of nitrogens with one attached hydrogen (secondary N) is 2. The van der Waals surface area contributed by atoms with Gasteiger partial charge in [0, 0.05) is 12.3 Å². The van der Waals surface area contributed by atoms with Crippen molar-refractivity contribution in [3.8, 4) is 5.75 Å². The average Bonchev–Trinajstić information content (AvgIpc) is 3.03. The Morgan fingerprint density at radius 3 is 2.53 bits per heavy atom. The number of benzene rings is 1. The number of aliphatic hydroxyl groups is 1. The fourth-order valence-electron chi connectivity index (χ4n) is 3.61. The van der Waals surface area contributed by atoms with Crippen LogP contribution in [-0.2, 0) is 23.4 Å². The molecule has 1 aliphatic heterocycles. The molecule has 1 fully saturated rings. The van der Waals surface area contributed by atoms with Gasteiger partial charge in [0.2, 0.25) is 0 Å². The number of carbonyl (C=O) groups excluding carboxylic acids is 1. The number of aliphatic hydroxyl groups excluding tert-OH is 1. The van der Waals surface area contributed by atoms with E-state index in [-0.39, 0.29) is 5.75 Å². The summed E-state index contributed by atoms with van der Waals surface area (Å²) in [5.74, 6) is -0.668. The number of nitrogens with zero attached hydrogens (tertiary/aromatic N) is 1. The lowest BCUT2D eigenvalue weighted by Crippen LogP contribution is -2.46. The molecule has 0 spiro atoms. The molecule has 1 unspecified atom stereocenters. The van der Waals surface area contributed by atoms with Crippen LogP contribution < -0.4 is 20.9 Å². The number of alkyl halides is 1. The summed E-state index contributed by atoms with van der Waals surface area (Å²) in [5, 5.41) is 12.3. The van der Waals surface area contributed by atoms with E-state index < -0.39 is 67.8 Å². The Morgan fingerprint density at radius 2 is 1.94 bits per heavy atom. The maximum atomic E-state index is 16.2. The lowest BCUT2D eigenvalue weighted by Gasteiger charge is -2.31. The van der Waals surface area contributed by atoms with Crippen molar-refractivity contribution in [2.24, 2.45) is 0 Å². The molecule has 3 N–H and O–H groups in total. The molecule has 0 radical (unpaired) electrons. The molecule has 1 aromatic heterocycles. The van der Waals surface area contributed by atoms with Crippen molar-refractivity contribution >= 4 is 13.7 Å². The number of aromatic nitrogens is 2. The Kier molecular flexibility index (Phi) is 8.52. The van der Waals surface area contributed by atoms with Crippen LogP contribution in [0.3, 0.4) is 0 Å². The van der Waals surface area contributed by atoms with E-state index in [1.54, 1.807) is 32.0 Å². The quantitative estimate of drug-likeness (QED) is 0.305. The number of esters is 1. The number of carbonyl (C=O) groups is 1. The van der Waals surface area contributed by atoms with Gasteiger partial charge in [-0.2, -0.15) is 5.09 Å². The predicted octanol–water partition coefficient (Wildman–Crippen LogP) is 1.66. The SMILES string of the molecule is CC(C)OC(=O)[C@H](C)NP(=O)(Oc1ccccc1)O[C@@H]1[C@H](CO)O[C@@H](n2ccc(=O)[nH]c2=O)[C@]1(C)F. The van der Waals surface area contributed by atoms with Crippen molar-refractivity contribution in [3.63, 3.8) is 0 Å². The summed E-state index contributed by atoms with van der Waals surface area (Å²) in [6.07, 6.45) is -4.21. The minimum atomic E-state index is -4.54. The molecule has 1 aliphatic rings. The zero-order valence-electron chi connectivity index (χ0n) is 20.1. The zero-order chi connectivity index (χ0) is 26.7. The molecule has 0 amide bonds. The number of hydrogen-bond acceptors (Lipinski definition) is 9. The summed E-state index contributed by atoms with van der Waals surface area (Å²) in [4.78, 5) is 38.0. The van der Waals surface area contributed by atoms with Crippen LogP contribution in [0, 0.1) is 0 Å². The first kappa shape index (κ1) is 27.8. The normalized spacial score (nSPS) is 26.4. The van der Waals surface area contributed by atoms with E-state index in [9.17, 15) is 24.1 Å². The highest BCUT2D eigenvalue weighted by Gasteiger charge is 2.59. The highest BCUT2D eigenvalue weighted by molar-refractivity contribution is 7.52. The summed E-state index contributed by atoms with van der Waals surface area (Å²) >= 11 is 0. The smallest absolute Gasteiger partial charge is 0.459 e. The van der Waals surface area contributed by atoms with Crippen LogP contribution in [0.25, 0.3) is 0 Å². The number of aromatic amines is 1. The molecule has 1 aromatic carbocycles. The molecule has 12 nitrogen and oxygen atoms in total. The van der Waals surface area contributed by atoms with Gasteiger partial charge in [0.25, 0.3) is 5.56 Å². The van der Waals surface area contributed by atoms with Gasteiger partial charge in [-0.05, 0) is 39.8 Å². The van der Waals surface area contributed by atoms with Crippen molar-refractivity contribution in [1.82, 2.24) is 14.6 Å². The molecule has 36 heavy (non-hydrogen) atoms. The fourth-order valence-corrected chi connectivity index (χ4v) is 5.38. The van der Waals surface area contributed by atoms with Gasteiger partial charge in [0.15, 0.2) is 11.9 Å². The number of para-hydroxylation sites is 1. The molecule has 2 aromatic rings. The van der Waals surface area contributed by atoms with Crippen LogP contribution in [-0.4, -0.2) is 57.3 Å². The van der Waals surface area contributed by atoms with Crippen LogP contribution in [0.2, 0.25) is 0 Å². The maximum absolute atomic E-state index is 16.2. The van der Waals surface area contributed by atoms with E-state index in [1.165, 1.54) is 19.1 Å². The lowest BCUT2D eigenvalue weighted by atomic mass is 9.98. The fraction of sp³-hybridized carbons (Fsp3) is 0.500. The van der Waals surface area contributed by atoms with E-state index in [4.69, 9.17) is 18.5 Å². The lowest BCUT2D eigenvalue weighted by molar-refractivity contribution is -0.149. The molecular formula is C22H29FN3O9P. The van der Waals surface area contributed by atoms with E-state index in [0.717, 1.165) is 23.8 Å². The van der Waals surface area contributed by atoms with Crippen LogP contribution in [0.15, 0.2) is 52.2 Å². The molecule has 2 heterocycles. The predicted molar refractivity (Wildman–Crippen MR) is 125 cm³/mol. The van der Waals surface area contributed by atoms with Crippen molar-refractivity contribution in [2.75, 3.05) is 6.61 Å². The largest absolute Gasteiger partial charge is 0.462 e. The average molecular weight is 529 g/mol. The molecule has 0 bridgehead atoms. The highest BCUT2D eigenvalue weighted by atomic mass is 31.2. The molecule has 0 saturated carbocycles. The Hall–Kier alpha value is -2.83. The van der Waals surface area contributed by atoms with Gasteiger partial charge >= 0.3 is 19.4 Å². The molecule has 0 aliphatic carbocycles. The molecular weight excluding hydrogens is 500 g/mol. The maximum Gasteiger partial charge on any atom is 0.459 e. The second-order valence-electron chi connectivity index (χ2n) is 8.64. The third-order valence-corrected chi connectivity index (χ3v) is 6.90. The Labute approximate surface area is 205 Å². The van der Waals surface area contributed by atoms with Gasteiger partial charge in [-0.3, -0.25) is 23.7 Å². The third kappa shape index (κ3) is 6.29. The van der Waals surface area contributed by atoms with Crippen LogP contribution >= 0.6 is 7.75 Å². The van der Waals surface area contributed by atoms with Gasteiger partial charge < -0.3 is 19.1 Å². The third-order valence-electron chi connectivity index (χ3n) is 5.24. The van der Waals surface area contributed by atoms with Crippen molar-refractivity contribution in [1.29, 1.82) is 0 Å². The Morgan fingerprint density at radius 1 is 1.28 bits per heavy atom. The molecule has 198 valence electrons. The molecule has 1 saturated heterocycles. The van der Waals surface area contributed by atoms with Gasteiger partial charge in [-0.15, -0.1) is 0 Å². The van der Waals surface area contributed by atoms with E-state index in [1.807, 2.05) is 4.98 Å². The van der Waals surface area contributed by atoms with Gasteiger partial charge in [0.1, 0.15) is 24.0 Å². The first-order valence-corrected chi connectivity index (χ1v) is 12.7. The Bertz CT molecular complexity index is 1220. The molecule has 3 rings (SSSR count). The minimum Gasteiger partial charge on any atom is -0.462 e. The summed E-state index contributed by atoms with van der Waals surface area (Å²) in [7, 11) is -4.54. The van der Waals surface area contributed by atoms with Crippen molar-refractivity contribution < 1.29 is 37.4 Å². The number of hydrogen-bond donors (Lipinski definition) is 3. The van der Waals surface area contributed by atoms with Crippen LogP contribution in [0.5, 0.6) is 5.75 Å². The molecule has 6 atom stereocenters. The number of rotatable bonds is 10. The standard InChI is InChI=1S/C22H29FN3O9P/c1-13(2)32-19(29)14(3)25-36(31,34-15-8-6-5-7-9-15)35-18-16(12-27)33-20(22(18,4)23)26-11-10-17(28)24-21(26)30/h5-11,13-14,16,18,20,27H,12H2,1-4H3,(H,25,31)(H,24,28,30)/t14-,16-,18+,20+,22+,36?/m0/s1. The number of H-pyrrole nitrogens is 1. The first-order valence-electron chi connectivity index (χ1n) is 11.1.